The van der Waals surface area contributed by atoms with Gasteiger partial charge < -0.3 is 9.52 Å². The second-order valence-corrected chi connectivity index (χ2v) is 4.76. The Labute approximate surface area is 122 Å². The molecule has 0 saturated heterocycles. The van der Waals surface area contributed by atoms with Crippen LogP contribution in [-0.2, 0) is 0 Å². The first-order valence-electron chi connectivity index (χ1n) is 6.67. The van der Waals surface area contributed by atoms with Crippen molar-refractivity contribution >= 4 is 5.57 Å². The van der Waals surface area contributed by atoms with Crippen LogP contribution in [0.1, 0.15) is 23.7 Å². The molecule has 0 aliphatic heterocycles. The molecule has 0 aliphatic carbocycles. The Morgan fingerprint density at radius 1 is 1.29 bits per heavy atom. The molecule has 2 atom stereocenters. The highest BCUT2D eigenvalue weighted by Crippen LogP contribution is 2.33. The second-order valence-electron chi connectivity index (χ2n) is 4.76. The Balaban J connectivity index is 2.37. The van der Waals surface area contributed by atoms with E-state index in [0.717, 1.165) is 0 Å². The molecule has 0 saturated carbocycles. The van der Waals surface area contributed by atoms with Gasteiger partial charge in [0.2, 0.25) is 6.04 Å². The zero-order chi connectivity index (χ0) is 15.2. The summed E-state index contributed by atoms with van der Waals surface area (Å²) in [5.41, 5.74) is 1.13. The maximum atomic E-state index is 11.5. The van der Waals surface area contributed by atoms with E-state index in [1.165, 1.54) is 6.26 Å². The molecule has 5 nitrogen and oxygen atoms in total. The fourth-order valence-electron chi connectivity index (χ4n) is 2.44. The normalized spacial score (nSPS) is 13.6. The summed E-state index contributed by atoms with van der Waals surface area (Å²) < 4.78 is 5.31. The Hall–Kier alpha value is -2.40. The van der Waals surface area contributed by atoms with Crippen LogP contribution in [0.4, 0.5) is 0 Å². The summed E-state index contributed by atoms with van der Waals surface area (Å²) in [6.45, 7) is 3.74. The first-order chi connectivity index (χ1) is 10.1. The minimum Gasteiger partial charge on any atom is -0.469 e. The summed E-state index contributed by atoms with van der Waals surface area (Å²) in [5.74, 6) is -0.0597. The van der Waals surface area contributed by atoms with Gasteiger partial charge in [0.1, 0.15) is 5.76 Å². The van der Waals surface area contributed by atoms with Gasteiger partial charge in [0.05, 0.1) is 12.2 Å². The minimum atomic E-state index is -1.04. The monoisotopic (exact) mass is 287 g/mol. The van der Waals surface area contributed by atoms with E-state index >= 15 is 0 Å². The first-order valence-corrected chi connectivity index (χ1v) is 6.67. The number of hydrogen-bond donors (Lipinski definition) is 1. The lowest BCUT2D eigenvalue weighted by atomic mass is 9.86. The van der Waals surface area contributed by atoms with E-state index in [4.69, 9.17) is 4.42 Å². The van der Waals surface area contributed by atoms with Crippen LogP contribution in [0, 0.1) is 10.1 Å². The van der Waals surface area contributed by atoms with E-state index in [0.29, 0.717) is 16.9 Å². The fraction of sp³-hybridized carbons (Fsp3) is 0.250. The molecule has 2 aromatic rings. The quantitative estimate of drug-likeness (QED) is 0.627. The van der Waals surface area contributed by atoms with E-state index in [2.05, 4.69) is 6.58 Å². The molecule has 2 rings (SSSR count). The molecule has 110 valence electrons. The molecule has 1 N–H and O–H groups in total. The molecule has 0 amide bonds. The summed E-state index contributed by atoms with van der Waals surface area (Å²) >= 11 is 0. The molecular formula is C16H17NO4. The smallest absolute Gasteiger partial charge is 0.247 e. The van der Waals surface area contributed by atoms with Crippen LogP contribution in [0.5, 0.6) is 0 Å². The van der Waals surface area contributed by atoms with Gasteiger partial charge in [-0.3, -0.25) is 10.1 Å². The Kier molecular flexibility index (Phi) is 4.90. The predicted molar refractivity (Wildman–Crippen MR) is 79.4 cm³/mol. The zero-order valence-corrected chi connectivity index (χ0v) is 11.5. The van der Waals surface area contributed by atoms with E-state index in [9.17, 15) is 15.2 Å². The minimum absolute atomic E-state index is 0.155. The van der Waals surface area contributed by atoms with Gasteiger partial charge in [-0.05, 0) is 24.1 Å². The number of furan rings is 1. The topological polar surface area (TPSA) is 76.5 Å². The molecule has 0 radical (unpaired) electrons. The molecule has 1 heterocycles. The third kappa shape index (κ3) is 3.38. The number of nitrogens with zero attached hydrogens (tertiary/aromatic N) is 1. The van der Waals surface area contributed by atoms with Crippen LogP contribution >= 0.6 is 0 Å². The SMILES string of the molecule is C=C(c1ccccc1)[C@@H]([C@H](CCO)c1ccco1)[N+](=O)[O-]. The average molecular weight is 287 g/mol. The highest BCUT2D eigenvalue weighted by atomic mass is 16.6. The fourth-order valence-corrected chi connectivity index (χ4v) is 2.44. The molecule has 5 heteroatoms. The van der Waals surface area contributed by atoms with Crippen molar-refractivity contribution in [3.8, 4) is 0 Å². The van der Waals surface area contributed by atoms with Gasteiger partial charge in [0, 0.05) is 17.1 Å². The average Bonchev–Trinajstić information content (AvgIpc) is 3.01. The van der Waals surface area contributed by atoms with Crippen molar-refractivity contribution < 1.29 is 14.4 Å². The van der Waals surface area contributed by atoms with Crippen molar-refractivity contribution in [2.45, 2.75) is 18.4 Å². The number of benzene rings is 1. The lowest BCUT2D eigenvalue weighted by Gasteiger charge is -2.20. The summed E-state index contributed by atoms with van der Waals surface area (Å²) in [6, 6.07) is 11.4. The van der Waals surface area contributed by atoms with Crippen LogP contribution in [0.15, 0.2) is 59.7 Å². The summed E-state index contributed by atoms with van der Waals surface area (Å²) in [7, 11) is 0. The van der Waals surface area contributed by atoms with Crippen LogP contribution in [0.3, 0.4) is 0 Å². The van der Waals surface area contributed by atoms with Gasteiger partial charge in [-0.15, -0.1) is 0 Å². The highest BCUT2D eigenvalue weighted by Gasteiger charge is 2.37. The van der Waals surface area contributed by atoms with Gasteiger partial charge in [-0.1, -0.05) is 36.9 Å². The van der Waals surface area contributed by atoms with Crippen molar-refractivity contribution in [1.29, 1.82) is 0 Å². The third-order valence-corrected chi connectivity index (χ3v) is 3.46. The molecular weight excluding hydrogens is 270 g/mol. The van der Waals surface area contributed by atoms with E-state index in [1.54, 1.807) is 24.3 Å². The first kappa shape index (κ1) is 15.0. The molecule has 1 aromatic heterocycles. The van der Waals surface area contributed by atoms with Gasteiger partial charge >= 0.3 is 0 Å². The molecule has 21 heavy (non-hydrogen) atoms. The Morgan fingerprint density at radius 2 is 2.00 bits per heavy atom. The van der Waals surface area contributed by atoms with Gasteiger partial charge in [0.15, 0.2) is 0 Å². The van der Waals surface area contributed by atoms with Gasteiger partial charge in [0.25, 0.3) is 0 Å². The second kappa shape index (κ2) is 6.85. The van der Waals surface area contributed by atoms with E-state index < -0.39 is 12.0 Å². The molecule has 0 unspecified atom stereocenters. The number of hydrogen-bond acceptors (Lipinski definition) is 4. The van der Waals surface area contributed by atoms with Crippen LogP contribution in [0.25, 0.3) is 5.57 Å². The maximum absolute atomic E-state index is 11.5. The third-order valence-electron chi connectivity index (χ3n) is 3.46. The molecule has 0 aliphatic rings. The number of aliphatic hydroxyl groups is 1. The van der Waals surface area contributed by atoms with Crippen molar-refractivity contribution in [1.82, 2.24) is 0 Å². The van der Waals surface area contributed by atoms with Crippen molar-refractivity contribution in [2.24, 2.45) is 0 Å². The Bertz CT molecular complexity index is 592. The van der Waals surface area contributed by atoms with Gasteiger partial charge in [-0.25, -0.2) is 0 Å². The molecule has 0 spiro atoms. The number of nitro groups is 1. The largest absolute Gasteiger partial charge is 0.469 e. The van der Waals surface area contributed by atoms with Crippen molar-refractivity contribution in [3.05, 3.63) is 76.7 Å². The predicted octanol–water partition coefficient (Wildman–Crippen LogP) is 3.10. The van der Waals surface area contributed by atoms with Crippen LogP contribution in [-0.4, -0.2) is 22.7 Å². The van der Waals surface area contributed by atoms with Crippen molar-refractivity contribution in [3.63, 3.8) is 0 Å². The van der Waals surface area contributed by atoms with Gasteiger partial charge in [-0.2, -0.15) is 0 Å². The molecule has 0 bridgehead atoms. The summed E-state index contributed by atoms with van der Waals surface area (Å²) in [6.07, 6.45) is 1.72. The number of rotatable bonds is 7. The zero-order valence-electron chi connectivity index (χ0n) is 11.5. The summed E-state index contributed by atoms with van der Waals surface area (Å²) in [5, 5.41) is 20.8. The van der Waals surface area contributed by atoms with Crippen LogP contribution < -0.4 is 0 Å². The van der Waals surface area contributed by atoms with E-state index in [1.807, 2.05) is 18.2 Å². The Morgan fingerprint density at radius 3 is 2.52 bits per heavy atom. The lowest BCUT2D eigenvalue weighted by Crippen LogP contribution is -2.29. The molecule has 0 fully saturated rings. The molecule has 1 aromatic carbocycles. The summed E-state index contributed by atoms with van der Waals surface area (Å²) in [4.78, 5) is 11.2. The lowest BCUT2D eigenvalue weighted by molar-refractivity contribution is -0.510. The number of aliphatic hydroxyl groups excluding tert-OH is 1. The van der Waals surface area contributed by atoms with Crippen LogP contribution in [0.2, 0.25) is 0 Å². The highest BCUT2D eigenvalue weighted by molar-refractivity contribution is 5.67. The van der Waals surface area contributed by atoms with E-state index in [-0.39, 0.29) is 18.0 Å². The maximum Gasteiger partial charge on any atom is 0.247 e. The van der Waals surface area contributed by atoms with Crippen molar-refractivity contribution in [2.75, 3.05) is 6.61 Å². The standard InChI is InChI=1S/C16H17NO4/c1-12(13-6-3-2-4-7-13)16(17(19)20)14(9-10-18)15-8-5-11-21-15/h2-8,11,14,16,18H,1,9-10H2/t14-,16+/m1/s1.